The first-order valence-corrected chi connectivity index (χ1v) is 7.45. The van der Waals surface area contributed by atoms with Gasteiger partial charge < -0.3 is 14.8 Å². The van der Waals surface area contributed by atoms with E-state index < -0.39 is 29.7 Å². The lowest BCUT2D eigenvalue weighted by Crippen LogP contribution is -2.44. The summed E-state index contributed by atoms with van der Waals surface area (Å²) in [7, 11) is 2.82. The molecule has 10 nitrogen and oxygen atoms in total. The van der Waals surface area contributed by atoms with Crippen molar-refractivity contribution in [3.8, 4) is 5.75 Å². The molecule has 0 aliphatic rings. The van der Waals surface area contributed by atoms with Crippen molar-refractivity contribution in [1.82, 2.24) is 19.4 Å². The Bertz CT molecular complexity index is 930. The fraction of sp³-hybridized carbons (Fsp3) is 0.400. The van der Waals surface area contributed by atoms with Gasteiger partial charge in [-0.25, -0.2) is 14.3 Å². The maximum absolute atomic E-state index is 12.6. The number of nitrogens with zero attached hydrogens (tertiary/aromatic N) is 3. The molecule has 0 bridgehead atoms. The minimum Gasteiger partial charge on any atom is -0.496 e. The molecule has 0 unspecified atom stereocenters. The Hall–Kier alpha value is -3.17. The Balaban J connectivity index is 2.39. The van der Waals surface area contributed by atoms with Gasteiger partial charge in [0.2, 0.25) is 5.91 Å². The summed E-state index contributed by atoms with van der Waals surface area (Å²) in [6, 6.07) is 1.49. The van der Waals surface area contributed by atoms with E-state index in [2.05, 4.69) is 15.0 Å². The summed E-state index contributed by atoms with van der Waals surface area (Å²) >= 11 is 0. The van der Waals surface area contributed by atoms with Gasteiger partial charge in [-0.05, 0) is 13.0 Å². The zero-order valence-electron chi connectivity index (χ0n) is 14.1. The van der Waals surface area contributed by atoms with Crippen LogP contribution in [0.4, 0.5) is 0 Å². The first-order chi connectivity index (χ1) is 11.9. The van der Waals surface area contributed by atoms with Crippen LogP contribution in [0.2, 0.25) is 0 Å². The summed E-state index contributed by atoms with van der Waals surface area (Å²) in [5, 5.41) is 2.39. The Morgan fingerprint density at radius 3 is 2.68 bits per heavy atom. The molecule has 0 saturated heterocycles. The number of aryl methyl sites for hydroxylation is 1. The van der Waals surface area contributed by atoms with E-state index in [1.54, 1.807) is 6.92 Å². The normalized spacial score (nSPS) is 10.5. The highest BCUT2D eigenvalue weighted by Crippen LogP contribution is 2.18. The largest absolute Gasteiger partial charge is 0.496 e. The molecule has 0 saturated carbocycles. The molecule has 1 amide bonds. The molecule has 2 aromatic heterocycles. The van der Waals surface area contributed by atoms with E-state index in [0.717, 1.165) is 9.13 Å². The van der Waals surface area contributed by atoms with Crippen LogP contribution in [-0.4, -0.2) is 46.3 Å². The maximum Gasteiger partial charge on any atom is 0.332 e. The number of rotatable bonds is 6. The third-order valence-electron chi connectivity index (χ3n) is 3.44. The molecule has 0 fully saturated rings. The number of ether oxygens (including phenoxy) is 2. The highest BCUT2D eigenvalue weighted by molar-refractivity contribution is 5.83. The number of aromatic nitrogens is 3. The van der Waals surface area contributed by atoms with E-state index in [0.29, 0.717) is 0 Å². The van der Waals surface area contributed by atoms with Crippen molar-refractivity contribution >= 4 is 22.9 Å². The van der Waals surface area contributed by atoms with Crippen LogP contribution in [0.25, 0.3) is 11.0 Å². The summed E-state index contributed by atoms with van der Waals surface area (Å²) in [6.07, 6.45) is 1.41. The quantitative estimate of drug-likeness (QED) is 0.648. The molecule has 134 valence electrons. The molecule has 10 heteroatoms. The third-order valence-corrected chi connectivity index (χ3v) is 3.44. The minimum atomic E-state index is -0.704. The van der Waals surface area contributed by atoms with Gasteiger partial charge in [0, 0.05) is 13.2 Å². The van der Waals surface area contributed by atoms with Gasteiger partial charge in [0.05, 0.1) is 13.7 Å². The second-order valence-corrected chi connectivity index (χ2v) is 5.03. The van der Waals surface area contributed by atoms with Crippen LogP contribution in [0.5, 0.6) is 5.75 Å². The first kappa shape index (κ1) is 18.2. The predicted molar refractivity (Wildman–Crippen MR) is 87.4 cm³/mol. The van der Waals surface area contributed by atoms with E-state index in [9.17, 15) is 19.2 Å². The molecule has 0 aliphatic carbocycles. The van der Waals surface area contributed by atoms with Crippen molar-refractivity contribution in [2.45, 2.75) is 13.5 Å². The monoisotopic (exact) mass is 350 g/mol. The van der Waals surface area contributed by atoms with Gasteiger partial charge in [-0.15, -0.1) is 0 Å². The zero-order chi connectivity index (χ0) is 18.6. The van der Waals surface area contributed by atoms with E-state index in [1.807, 2.05) is 0 Å². The number of fused-ring (bicyclic) bond motifs is 1. The fourth-order valence-corrected chi connectivity index (χ4v) is 2.27. The van der Waals surface area contributed by atoms with Crippen LogP contribution in [-0.2, 0) is 27.9 Å². The van der Waals surface area contributed by atoms with Crippen molar-refractivity contribution in [2.24, 2.45) is 7.05 Å². The second kappa shape index (κ2) is 7.60. The molecular weight excluding hydrogens is 332 g/mol. The average molecular weight is 350 g/mol. The van der Waals surface area contributed by atoms with Gasteiger partial charge >= 0.3 is 11.7 Å². The molecule has 2 heterocycles. The SMILES string of the molecule is CCOC(=O)CNC(=O)Cn1c(=O)c2c(OC)ccnc2n(C)c1=O. The van der Waals surface area contributed by atoms with Gasteiger partial charge in [0.1, 0.15) is 24.2 Å². The Labute approximate surface area is 142 Å². The van der Waals surface area contributed by atoms with Crippen molar-refractivity contribution < 1.29 is 19.1 Å². The van der Waals surface area contributed by atoms with Gasteiger partial charge in [0.25, 0.3) is 5.56 Å². The number of hydrogen-bond acceptors (Lipinski definition) is 7. The Morgan fingerprint density at radius 2 is 2.04 bits per heavy atom. The molecule has 2 rings (SSSR count). The third kappa shape index (κ3) is 3.67. The summed E-state index contributed by atoms with van der Waals surface area (Å²) in [5.41, 5.74) is -1.25. The molecule has 0 aliphatic heterocycles. The van der Waals surface area contributed by atoms with Crippen molar-refractivity contribution in [3.05, 3.63) is 33.1 Å². The molecule has 0 spiro atoms. The highest BCUT2D eigenvalue weighted by Gasteiger charge is 2.18. The van der Waals surface area contributed by atoms with E-state index in [4.69, 9.17) is 4.74 Å². The Kier molecular flexibility index (Phi) is 5.52. The summed E-state index contributed by atoms with van der Waals surface area (Å²) in [6.45, 7) is 0.935. The first-order valence-electron chi connectivity index (χ1n) is 7.45. The summed E-state index contributed by atoms with van der Waals surface area (Å²) in [4.78, 5) is 52.2. The van der Waals surface area contributed by atoms with Crippen LogP contribution >= 0.6 is 0 Å². The van der Waals surface area contributed by atoms with Crippen LogP contribution in [0.1, 0.15) is 6.92 Å². The van der Waals surface area contributed by atoms with Gasteiger partial charge in [-0.3, -0.25) is 19.0 Å². The molecular formula is C15H18N4O6. The average Bonchev–Trinajstić information content (AvgIpc) is 2.61. The summed E-state index contributed by atoms with van der Waals surface area (Å²) < 4.78 is 11.7. The lowest BCUT2D eigenvalue weighted by molar-refractivity contribution is -0.143. The molecule has 0 aromatic carbocycles. The van der Waals surface area contributed by atoms with Gasteiger partial charge in [-0.1, -0.05) is 0 Å². The number of carbonyl (C=O) groups excluding carboxylic acids is 2. The van der Waals surface area contributed by atoms with Crippen LogP contribution < -0.4 is 21.3 Å². The number of methoxy groups -OCH3 is 1. The number of amides is 1. The standard InChI is InChI=1S/C15H18N4O6/c1-4-25-11(21)7-17-10(20)8-19-14(22)12-9(24-3)5-6-16-13(12)18(2)15(19)23/h5-6H,4,7-8H2,1-3H3,(H,17,20). The molecule has 0 radical (unpaired) electrons. The van der Waals surface area contributed by atoms with Gasteiger partial charge in [0.15, 0.2) is 5.65 Å². The van der Waals surface area contributed by atoms with Crippen LogP contribution in [0.3, 0.4) is 0 Å². The zero-order valence-corrected chi connectivity index (χ0v) is 14.1. The second-order valence-electron chi connectivity index (χ2n) is 5.03. The predicted octanol–water partition coefficient (Wildman–Crippen LogP) is -1.22. The highest BCUT2D eigenvalue weighted by atomic mass is 16.5. The Morgan fingerprint density at radius 1 is 1.32 bits per heavy atom. The number of nitrogens with one attached hydrogen (secondary N) is 1. The number of carbonyl (C=O) groups is 2. The van der Waals surface area contributed by atoms with Crippen LogP contribution in [0, 0.1) is 0 Å². The number of hydrogen-bond donors (Lipinski definition) is 1. The summed E-state index contributed by atoms with van der Waals surface area (Å²) in [5.74, 6) is -1.04. The number of esters is 1. The fourth-order valence-electron chi connectivity index (χ4n) is 2.27. The van der Waals surface area contributed by atoms with Crippen molar-refractivity contribution in [2.75, 3.05) is 20.3 Å². The smallest absolute Gasteiger partial charge is 0.332 e. The molecule has 25 heavy (non-hydrogen) atoms. The maximum atomic E-state index is 12.6. The molecule has 2 aromatic rings. The molecule has 1 N–H and O–H groups in total. The van der Waals surface area contributed by atoms with E-state index in [1.165, 1.54) is 26.4 Å². The lowest BCUT2D eigenvalue weighted by Gasteiger charge is -2.12. The van der Waals surface area contributed by atoms with Crippen LogP contribution in [0.15, 0.2) is 21.9 Å². The van der Waals surface area contributed by atoms with Crippen molar-refractivity contribution in [3.63, 3.8) is 0 Å². The number of pyridine rings is 1. The van der Waals surface area contributed by atoms with Crippen molar-refractivity contribution in [1.29, 1.82) is 0 Å². The van der Waals surface area contributed by atoms with E-state index >= 15 is 0 Å². The topological polar surface area (TPSA) is 122 Å². The lowest BCUT2D eigenvalue weighted by atomic mass is 10.3. The van der Waals surface area contributed by atoms with Gasteiger partial charge in [-0.2, -0.15) is 0 Å². The molecule has 0 atom stereocenters. The minimum absolute atomic E-state index is 0.0882. The van der Waals surface area contributed by atoms with E-state index in [-0.39, 0.29) is 29.9 Å².